The van der Waals surface area contributed by atoms with E-state index < -0.39 is 8.41 Å². The minimum absolute atomic E-state index is 0. The summed E-state index contributed by atoms with van der Waals surface area (Å²) in [6.45, 7) is 0. The van der Waals surface area contributed by atoms with Crippen molar-refractivity contribution < 1.29 is 46.5 Å². The smallest absolute Gasteiger partial charge is 1.00 e. The predicted molar refractivity (Wildman–Crippen MR) is 170 cm³/mol. The first-order valence-corrected chi connectivity index (χ1v) is 16.6. The predicted octanol–water partition coefficient (Wildman–Crippen LogP) is 2.48. The molecule has 6 rings (SSSR count). The van der Waals surface area contributed by atoms with Crippen LogP contribution in [0.4, 0.5) is 0 Å². The van der Waals surface area contributed by atoms with E-state index >= 15 is 0 Å². The fraction of sp³-hybridized carbons (Fsp3) is 0.324. The van der Waals surface area contributed by atoms with E-state index in [1.807, 2.05) is 0 Å². The Bertz CT molecular complexity index is 1320. The molecule has 42 heavy (non-hydrogen) atoms. The van der Waals surface area contributed by atoms with Gasteiger partial charge in [-0.05, 0) is 34.3 Å². The molecule has 1 nitrogen and oxygen atoms in total. The van der Waals surface area contributed by atoms with Gasteiger partial charge in [-0.25, -0.2) is 0 Å². The monoisotopic (exact) mass is 644 g/mol. The first-order chi connectivity index (χ1) is 19.4. The van der Waals surface area contributed by atoms with Crippen molar-refractivity contribution in [3.63, 3.8) is 0 Å². The first-order valence-electron chi connectivity index (χ1n) is 15.1. The van der Waals surface area contributed by atoms with Gasteiger partial charge in [0.1, 0.15) is 0 Å². The van der Waals surface area contributed by atoms with Crippen molar-refractivity contribution in [3.8, 4) is 11.1 Å². The molecule has 0 N–H and O–H groups in total. The summed E-state index contributed by atoms with van der Waals surface area (Å²) in [5.74, 6) is 0. The van der Waals surface area contributed by atoms with Crippen molar-refractivity contribution >= 4 is 24.0 Å². The average Bonchev–Trinajstić information content (AvgIpc) is 3.30. The fourth-order valence-electron chi connectivity index (χ4n) is 6.73. The van der Waals surface area contributed by atoms with Gasteiger partial charge in [0.25, 0.3) is 0 Å². The van der Waals surface area contributed by atoms with Crippen LogP contribution in [0.3, 0.4) is 0 Å². The molecule has 0 spiro atoms. The Labute approximate surface area is 281 Å². The largest absolute Gasteiger partial charge is 3.00 e. The molecule has 0 heterocycles. The molecule has 215 valence electrons. The standard InChI is InChI=1S/C37H40NSi.2ClH.Ti/c1-2-4-6-14-28-36(39(29-19-9-7-10-20-29)30-21-11-8-12-22-30)35(27-13-5-3-1)38-37-33-25-17-15-23-31(33)32-24-16-18-26-34(32)37;;;/h7-12,15-26,35,37H,1-6,13-14,27-28H2;2*1H;/q-1;;;+3/p-2. The Kier molecular flexibility index (Phi) is 14.5. The molecule has 0 aromatic heterocycles. The summed E-state index contributed by atoms with van der Waals surface area (Å²) in [7, 11) is -1.11. The van der Waals surface area contributed by atoms with Crippen LogP contribution in [0, 0.1) is 0 Å². The van der Waals surface area contributed by atoms with E-state index in [4.69, 9.17) is 5.32 Å². The van der Waals surface area contributed by atoms with E-state index in [-0.39, 0.29) is 58.6 Å². The molecule has 1 fully saturated rings. The molecule has 0 bridgehead atoms. The number of fused-ring (bicyclic) bond motifs is 3. The Balaban J connectivity index is 0.00000161. The van der Waals surface area contributed by atoms with Gasteiger partial charge in [0.05, 0.1) is 8.41 Å². The topological polar surface area (TPSA) is 14.1 Å². The van der Waals surface area contributed by atoms with Crippen molar-refractivity contribution in [3.05, 3.63) is 126 Å². The van der Waals surface area contributed by atoms with E-state index in [2.05, 4.69) is 109 Å². The zero-order chi connectivity index (χ0) is 26.3. The van der Waals surface area contributed by atoms with E-state index in [1.54, 1.807) is 5.17 Å². The van der Waals surface area contributed by atoms with Gasteiger partial charge < -0.3 is 30.1 Å². The third kappa shape index (κ3) is 8.03. The number of nitrogens with zero attached hydrogens (tertiary/aromatic N) is 1. The van der Waals surface area contributed by atoms with Crippen LogP contribution in [0.15, 0.2) is 109 Å². The van der Waals surface area contributed by atoms with Crippen LogP contribution in [-0.2, 0) is 21.7 Å². The van der Waals surface area contributed by atoms with Gasteiger partial charge in [-0.3, -0.25) is 0 Å². The van der Waals surface area contributed by atoms with Crippen LogP contribution in [0.5, 0.6) is 0 Å². The number of halogens is 2. The second-order valence-corrected chi connectivity index (χ2v) is 13.8. The summed E-state index contributed by atoms with van der Waals surface area (Å²) in [4.78, 5) is 0. The number of benzene rings is 4. The number of rotatable bonds is 4. The van der Waals surface area contributed by atoms with Crippen LogP contribution in [-0.4, -0.2) is 19.6 Å². The van der Waals surface area contributed by atoms with Gasteiger partial charge in [-0.2, -0.15) is 0 Å². The zero-order valence-corrected chi connectivity index (χ0v) is 28.4. The van der Waals surface area contributed by atoms with Gasteiger partial charge in [0.15, 0.2) is 0 Å². The summed E-state index contributed by atoms with van der Waals surface area (Å²) < 4.78 is 0. The van der Waals surface area contributed by atoms with Crippen LogP contribution < -0.4 is 35.2 Å². The van der Waals surface area contributed by atoms with Gasteiger partial charge in [0.2, 0.25) is 0 Å². The molecule has 4 aromatic carbocycles. The molecule has 2 aliphatic carbocycles. The van der Waals surface area contributed by atoms with Crippen molar-refractivity contribution in [1.82, 2.24) is 0 Å². The Morgan fingerprint density at radius 2 is 0.929 bits per heavy atom. The maximum atomic E-state index is 5.89. The second-order valence-electron chi connectivity index (χ2n) is 11.2. The number of hydrogen-bond acceptors (Lipinski definition) is 0. The molecule has 0 saturated heterocycles. The average molecular weight is 646 g/mol. The Morgan fingerprint density at radius 3 is 1.45 bits per heavy atom. The van der Waals surface area contributed by atoms with Crippen molar-refractivity contribution in [2.24, 2.45) is 0 Å². The Morgan fingerprint density at radius 1 is 0.500 bits per heavy atom. The molecule has 0 aliphatic heterocycles. The van der Waals surface area contributed by atoms with Gasteiger partial charge in [-0.1, -0.05) is 183 Å². The first kappa shape index (κ1) is 34.7. The molecular weight excluding hydrogens is 605 g/mol. The quantitative estimate of drug-likeness (QED) is 0.303. The minimum Gasteiger partial charge on any atom is -1.00 e. The molecule has 4 aromatic rings. The Hall–Kier alpha value is -1.78. The van der Waals surface area contributed by atoms with E-state index in [0.717, 1.165) is 0 Å². The third-order valence-corrected chi connectivity index (χ3v) is 11.7. The summed E-state index contributed by atoms with van der Waals surface area (Å²) in [6, 6.07) is 41.1. The van der Waals surface area contributed by atoms with Crippen LogP contribution in [0.25, 0.3) is 16.4 Å². The molecule has 2 aliphatic rings. The number of hydrogen-bond donors (Lipinski definition) is 0. The summed E-state index contributed by atoms with van der Waals surface area (Å²) in [5.41, 5.74) is 5.51. The second kappa shape index (κ2) is 17.5. The van der Waals surface area contributed by atoms with Crippen LogP contribution >= 0.6 is 0 Å². The maximum Gasteiger partial charge on any atom is 3.00 e. The summed E-state index contributed by atoms with van der Waals surface area (Å²) in [6.07, 6.45) is 13.1. The van der Waals surface area contributed by atoms with E-state index in [1.165, 1.54) is 96.8 Å². The van der Waals surface area contributed by atoms with E-state index in [9.17, 15) is 0 Å². The van der Waals surface area contributed by atoms with Crippen LogP contribution in [0.1, 0.15) is 81.4 Å². The van der Waals surface area contributed by atoms with Gasteiger partial charge in [-0.15, -0.1) is 6.04 Å². The molecule has 1 atom stereocenters. The van der Waals surface area contributed by atoms with E-state index in [0.29, 0.717) is 0 Å². The van der Waals surface area contributed by atoms with Crippen molar-refractivity contribution in [2.75, 3.05) is 0 Å². The zero-order valence-electron chi connectivity index (χ0n) is 24.3. The molecule has 0 amide bonds. The summed E-state index contributed by atoms with van der Waals surface area (Å²) in [5, 5.41) is 10.6. The van der Waals surface area contributed by atoms with Crippen LogP contribution in [0.2, 0.25) is 0 Å². The van der Waals surface area contributed by atoms with Crippen molar-refractivity contribution in [2.45, 2.75) is 76.3 Å². The maximum absolute atomic E-state index is 5.89. The van der Waals surface area contributed by atoms with Gasteiger partial charge in [0, 0.05) is 0 Å². The minimum atomic E-state index is -1.11. The molecule has 5 heteroatoms. The SMILES string of the molecule is [Cl-].[Cl-].[Ti+3].c1ccc([Si](=C2CCCCCCCCCCC2[N-]C2c3ccccc3-c3ccccc32)c2ccccc2)cc1. The molecular formula is C37H40Cl2NSiTi. The third-order valence-electron chi connectivity index (χ3n) is 8.65. The fourth-order valence-corrected chi connectivity index (χ4v) is 9.83. The molecule has 1 unspecified atom stereocenters. The summed E-state index contributed by atoms with van der Waals surface area (Å²) >= 11 is 0. The van der Waals surface area contributed by atoms with Gasteiger partial charge >= 0.3 is 21.7 Å². The molecule has 1 saturated carbocycles. The van der Waals surface area contributed by atoms with Crippen molar-refractivity contribution in [1.29, 1.82) is 0 Å². The normalized spacial score (nSPS) is 17.1. The molecule has 1 radical (unpaired) electrons.